The van der Waals surface area contributed by atoms with Gasteiger partial charge in [-0.3, -0.25) is 14.5 Å². The van der Waals surface area contributed by atoms with E-state index in [2.05, 4.69) is 15.6 Å². The number of nitrogens with one attached hydrogen (secondary N) is 2. The Morgan fingerprint density at radius 3 is 2.50 bits per heavy atom. The van der Waals surface area contributed by atoms with Crippen LogP contribution in [0, 0.1) is 0 Å². The Labute approximate surface area is 136 Å². The normalized spacial score (nSPS) is 12.9. The molecule has 22 heavy (non-hydrogen) atoms. The van der Waals surface area contributed by atoms with Crippen LogP contribution < -0.4 is 10.6 Å². The highest BCUT2D eigenvalue weighted by Gasteiger charge is 2.22. The molecule has 1 unspecified atom stereocenters. The van der Waals surface area contributed by atoms with Gasteiger partial charge in [-0.05, 0) is 46.9 Å². The molecule has 0 aliphatic heterocycles. The van der Waals surface area contributed by atoms with Crippen LogP contribution in [0.1, 0.15) is 27.7 Å². The topological polar surface area (TPSA) is 74.3 Å². The summed E-state index contributed by atoms with van der Waals surface area (Å²) in [6.45, 7) is 7.60. The molecule has 0 saturated heterocycles. The molecule has 0 aliphatic rings. The highest BCUT2D eigenvalue weighted by molar-refractivity contribution is 6.30. The van der Waals surface area contributed by atoms with E-state index in [0.717, 1.165) is 0 Å². The highest BCUT2D eigenvalue weighted by atomic mass is 35.5. The number of carbonyl (C=O) groups is 2. The van der Waals surface area contributed by atoms with Gasteiger partial charge in [0, 0.05) is 11.7 Å². The van der Waals surface area contributed by atoms with Crippen LogP contribution in [-0.4, -0.2) is 46.9 Å². The molecule has 122 valence electrons. The van der Waals surface area contributed by atoms with Gasteiger partial charge in [-0.25, -0.2) is 4.98 Å². The van der Waals surface area contributed by atoms with Crippen molar-refractivity contribution in [1.29, 1.82) is 0 Å². The highest BCUT2D eigenvalue weighted by Crippen LogP contribution is 2.10. The molecule has 7 heteroatoms. The number of pyridine rings is 1. The van der Waals surface area contributed by atoms with Gasteiger partial charge in [0.15, 0.2) is 0 Å². The lowest BCUT2D eigenvalue weighted by atomic mass is 10.1. The number of hydrogen-bond acceptors (Lipinski definition) is 4. The fraction of sp³-hybridized carbons (Fsp3) is 0.533. The maximum absolute atomic E-state index is 12.1. The first-order chi connectivity index (χ1) is 10.1. The van der Waals surface area contributed by atoms with E-state index in [-0.39, 0.29) is 23.9 Å². The van der Waals surface area contributed by atoms with Gasteiger partial charge in [-0.1, -0.05) is 11.6 Å². The zero-order valence-electron chi connectivity index (χ0n) is 13.6. The molecular formula is C15H23ClN4O2. The minimum atomic E-state index is -0.469. The van der Waals surface area contributed by atoms with Crippen molar-refractivity contribution in [2.45, 2.75) is 39.3 Å². The van der Waals surface area contributed by atoms with Crippen LogP contribution in [0.15, 0.2) is 18.3 Å². The Bertz CT molecular complexity index is 525. The molecule has 0 bridgehead atoms. The molecule has 0 aliphatic carbocycles. The Balaban J connectivity index is 2.54. The maximum Gasteiger partial charge on any atom is 0.242 e. The fourth-order valence-corrected chi connectivity index (χ4v) is 1.81. The third kappa shape index (κ3) is 6.41. The van der Waals surface area contributed by atoms with Crippen molar-refractivity contribution >= 4 is 29.2 Å². The number of halogens is 1. The third-order valence-electron chi connectivity index (χ3n) is 2.93. The number of amides is 2. The summed E-state index contributed by atoms with van der Waals surface area (Å²) in [6, 6.07) is 2.80. The van der Waals surface area contributed by atoms with E-state index in [1.54, 1.807) is 31.0 Å². The molecule has 1 heterocycles. The van der Waals surface area contributed by atoms with Gasteiger partial charge >= 0.3 is 0 Å². The largest absolute Gasteiger partial charge is 0.350 e. The number of aromatic nitrogens is 1. The summed E-state index contributed by atoms with van der Waals surface area (Å²) < 4.78 is 0. The SMILES string of the molecule is CC(C(=O)Nc1ccc(Cl)cn1)N(C)CC(=O)NC(C)(C)C. The van der Waals surface area contributed by atoms with Crippen molar-refractivity contribution < 1.29 is 9.59 Å². The van der Waals surface area contributed by atoms with Crippen LogP contribution in [0.2, 0.25) is 5.02 Å². The van der Waals surface area contributed by atoms with Gasteiger partial charge in [0.1, 0.15) is 5.82 Å². The van der Waals surface area contributed by atoms with Crippen LogP contribution in [0.3, 0.4) is 0 Å². The van der Waals surface area contributed by atoms with Gasteiger partial charge in [0.25, 0.3) is 0 Å². The Kier molecular flexibility index (Phi) is 6.32. The zero-order chi connectivity index (χ0) is 16.9. The van der Waals surface area contributed by atoms with E-state index < -0.39 is 6.04 Å². The second-order valence-corrected chi connectivity index (χ2v) is 6.68. The number of rotatable bonds is 5. The molecule has 6 nitrogen and oxygen atoms in total. The third-order valence-corrected chi connectivity index (χ3v) is 3.15. The molecule has 0 fully saturated rings. The monoisotopic (exact) mass is 326 g/mol. The average Bonchev–Trinajstić information content (AvgIpc) is 2.38. The lowest BCUT2D eigenvalue weighted by Gasteiger charge is -2.26. The molecule has 0 aromatic carbocycles. The van der Waals surface area contributed by atoms with E-state index in [1.807, 2.05) is 20.8 Å². The zero-order valence-corrected chi connectivity index (χ0v) is 14.4. The Hall–Kier alpha value is -1.66. The molecule has 1 rings (SSSR count). The Morgan fingerprint density at radius 1 is 1.36 bits per heavy atom. The van der Waals surface area contributed by atoms with Crippen LogP contribution in [0.4, 0.5) is 5.82 Å². The summed E-state index contributed by atoms with van der Waals surface area (Å²) in [7, 11) is 1.72. The molecule has 2 amide bonds. The second-order valence-electron chi connectivity index (χ2n) is 6.24. The predicted octanol–water partition coefficient (Wildman–Crippen LogP) is 1.91. The minimum absolute atomic E-state index is 0.126. The number of nitrogens with zero attached hydrogens (tertiary/aromatic N) is 2. The minimum Gasteiger partial charge on any atom is -0.350 e. The van der Waals surface area contributed by atoms with Crippen molar-refractivity contribution in [3.05, 3.63) is 23.4 Å². The van der Waals surface area contributed by atoms with Gasteiger partial charge in [0.2, 0.25) is 11.8 Å². The second kappa shape index (κ2) is 7.56. The first-order valence-electron chi connectivity index (χ1n) is 7.02. The van der Waals surface area contributed by atoms with Crippen molar-refractivity contribution in [2.24, 2.45) is 0 Å². The van der Waals surface area contributed by atoms with Gasteiger partial charge in [-0.15, -0.1) is 0 Å². The lowest BCUT2D eigenvalue weighted by Crippen LogP contribution is -2.49. The Morgan fingerprint density at radius 2 is 2.00 bits per heavy atom. The van der Waals surface area contributed by atoms with E-state index in [9.17, 15) is 9.59 Å². The summed E-state index contributed by atoms with van der Waals surface area (Å²) in [5.41, 5.74) is -0.295. The first kappa shape index (κ1) is 18.4. The molecule has 0 spiro atoms. The van der Waals surface area contributed by atoms with Gasteiger partial charge < -0.3 is 10.6 Å². The summed E-state index contributed by atoms with van der Waals surface area (Å²) in [5.74, 6) is 0.0638. The van der Waals surface area contributed by atoms with E-state index in [0.29, 0.717) is 10.8 Å². The van der Waals surface area contributed by atoms with E-state index in [4.69, 9.17) is 11.6 Å². The number of hydrogen-bond donors (Lipinski definition) is 2. The predicted molar refractivity (Wildman–Crippen MR) is 87.9 cm³/mol. The lowest BCUT2D eigenvalue weighted by molar-refractivity contribution is -0.125. The molecular weight excluding hydrogens is 304 g/mol. The van der Waals surface area contributed by atoms with E-state index in [1.165, 1.54) is 6.20 Å². The van der Waals surface area contributed by atoms with Crippen molar-refractivity contribution in [2.75, 3.05) is 18.9 Å². The molecule has 0 radical (unpaired) electrons. The first-order valence-corrected chi connectivity index (χ1v) is 7.40. The standard InChI is InChI=1S/C15H23ClN4O2/c1-10(20(5)9-13(21)19-15(2,3)4)14(22)18-12-7-6-11(16)8-17-12/h6-8,10H,9H2,1-5H3,(H,19,21)(H,17,18,22). The average molecular weight is 327 g/mol. The number of carbonyl (C=O) groups excluding carboxylic acids is 2. The summed E-state index contributed by atoms with van der Waals surface area (Å²) in [4.78, 5) is 29.7. The quantitative estimate of drug-likeness (QED) is 0.866. The number of likely N-dealkylation sites (N-methyl/N-ethyl adjacent to an activating group) is 1. The number of anilines is 1. The van der Waals surface area contributed by atoms with E-state index >= 15 is 0 Å². The molecule has 1 atom stereocenters. The summed E-state index contributed by atoms with van der Waals surface area (Å²) in [5, 5.41) is 6.05. The maximum atomic E-state index is 12.1. The summed E-state index contributed by atoms with van der Waals surface area (Å²) in [6.07, 6.45) is 1.46. The molecule has 1 aromatic heterocycles. The van der Waals surface area contributed by atoms with Gasteiger partial charge in [-0.2, -0.15) is 0 Å². The molecule has 1 aromatic rings. The fourth-order valence-electron chi connectivity index (χ4n) is 1.70. The van der Waals surface area contributed by atoms with Crippen LogP contribution >= 0.6 is 11.6 Å². The van der Waals surface area contributed by atoms with Crippen molar-refractivity contribution in [1.82, 2.24) is 15.2 Å². The van der Waals surface area contributed by atoms with Crippen molar-refractivity contribution in [3.63, 3.8) is 0 Å². The molecule has 2 N–H and O–H groups in total. The summed E-state index contributed by atoms with van der Waals surface area (Å²) >= 11 is 5.74. The van der Waals surface area contributed by atoms with Crippen molar-refractivity contribution in [3.8, 4) is 0 Å². The van der Waals surface area contributed by atoms with Crippen LogP contribution in [0.25, 0.3) is 0 Å². The smallest absolute Gasteiger partial charge is 0.242 e. The van der Waals surface area contributed by atoms with Crippen LogP contribution in [-0.2, 0) is 9.59 Å². The molecule has 0 saturated carbocycles. The van der Waals surface area contributed by atoms with Crippen LogP contribution in [0.5, 0.6) is 0 Å². The van der Waals surface area contributed by atoms with Gasteiger partial charge in [0.05, 0.1) is 17.6 Å².